The Hall–Kier alpha value is -3.22. The van der Waals surface area contributed by atoms with Crippen molar-refractivity contribution in [1.82, 2.24) is 20.9 Å². The number of phenolic OH excluding ortho intramolecular Hbond substituents is 1. The number of carbonyl (C=O) groups excluding carboxylic acids is 4. The minimum atomic E-state index is -1.07. The maximum atomic E-state index is 13.7. The molecule has 3 aliphatic rings. The Morgan fingerprint density at radius 2 is 1.74 bits per heavy atom. The second-order valence-corrected chi connectivity index (χ2v) is 11.8. The number of ketones is 1. The molecule has 232 valence electrons. The smallest absolute Gasteiger partial charge is 0.243 e. The first kappa shape index (κ1) is 31.7. The fourth-order valence-corrected chi connectivity index (χ4v) is 5.62. The summed E-state index contributed by atoms with van der Waals surface area (Å²) in [6.45, 7) is 6.11. The number of hydrogen-bond acceptors (Lipinski definition) is 9. The number of epoxide rings is 1. The molecule has 0 radical (unpaired) electrons. The number of benzene rings is 1. The fraction of sp³-hybridized carbons (Fsp3) is 0.667. The highest BCUT2D eigenvalue weighted by Crippen LogP contribution is 2.33. The highest BCUT2D eigenvalue weighted by atomic mass is 16.6. The molecule has 0 bridgehead atoms. The number of rotatable bonds is 14. The number of ether oxygens (including phenoxy) is 3. The standard InChI is InChI=1S/C30H44N4O8/c1-19(31-26(36)17-34-10-12-41-13-11-34)28(38)33-23(15-21-8-9-25(40-3)24(35)16-21)29(39)32-22(14-20-6-4-5-7-20)27(37)30(2)18-42-30/h8-9,16,19-20,22-23,35H,4-7,10-15,17-18H2,1-3H3,(H,31,36)(H,32,39)(H,33,38). The number of hydrogen-bond donors (Lipinski definition) is 4. The van der Waals surface area contributed by atoms with Crippen molar-refractivity contribution in [3.05, 3.63) is 23.8 Å². The zero-order valence-corrected chi connectivity index (χ0v) is 24.8. The van der Waals surface area contributed by atoms with Gasteiger partial charge >= 0.3 is 0 Å². The molecule has 2 saturated heterocycles. The van der Waals surface area contributed by atoms with Gasteiger partial charge in [-0.15, -0.1) is 0 Å². The molecule has 4 atom stereocenters. The van der Waals surface area contributed by atoms with E-state index in [0.717, 1.165) is 25.7 Å². The third kappa shape index (κ3) is 8.65. The van der Waals surface area contributed by atoms with Gasteiger partial charge < -0.3 is 35.3 Å². The molecule has 12 heteroatoms. The monoisotopic (exact) mass is 588 g/mol. The van der Waals surface area contributed by atoms with Crippen LogP contribution in [0.1, 0.15) is 51.5 Å². The van der Waals surface area contributed by atoms with Gasteiger partial charge in [0.25, 0.3) is 0 Å². The molecule has 3 fully saturated rings. The third-order valence-electron chi connectivity index (χ3n) is 8.33. The molecule has 1 aliphatic carbocycles. The number of methoxy groups -OCH3 is 1. The second kappa shape index (κ2) is 14.3. The van der Waals surface area contributed by atoms with Crippen LogP contribution in [0.5, 0.6) is 11.5 Å². The van der Waals surface area contributed by atoms with Crippen molar-refractivity contribution in [3.63, 3.8) is 0 Å². The minimum absolute atomic E-state index is 0.0433. The summed E-state index contributed by atoms with van der Waals surface area (Å²) in [6.07, 6.45) is 4.77. The number of carbonyl (C=O) groups is 4. The second-order valence-electron chi connectivity index (χ2n) is 11.8. The van der Waals surface area contributed by atoms with Crippen LogP contribution in [0, 0.1) is 5.92 Å². The van der Waals surface area contributed by atoms with Crippen molar-refractivity contribution >= 4 is 23.5 Å². The molecule has 0 aromatic heterocycles. The summed E-state index contributed by atoms with van der Waals surface area (Å²) in [4.78, 5) is 54.8. The van der Waals surface area contributed by atoms with E-state index in [1.54, 1.807) is 26.0 Å². The van der Waals surface area contributed by atoms with Gasteiger partial charge in [0.05, 0.1) is 39.5 Å². The Morgan fingerprint density at radius 3 is 2.36 bits per heavy atom. The average molecular weight is 589 g/mol. The van der Waals surface area contributed by atoms with Crippen LogP contribution in [-0.2, 0) is 35.1 Å². The van der Waals surface area contributed by atoms with Gasteiger partial charge in [-0.3, -0.25) is 24.1 Å². The molecule has 12 nitrogen and oxygen atoms in total. The molecule has 2 aliphatic heterocycles. The zero-order valence-electron chi connectivity index (χ0n) is 24.8. The van der Waals surface area contributed by atoms with E-state index in [9.17, 15) is 24.3 Å². The Morgan fingerprint density at radius 1 is 1.07 bits per heavy atom. The summed E-state index contributed by atoms with van der Waals surface area (Å²) in [5, 5.41) is 18.7. The predicted molar refractivity (Wildman–Crippen MR) is 153 cm³/mol. The Bertz CT molecular complexity index is 1130. The lowest BCUT2D eigenvalue weighted by atomic mass is 9.90. The summed E-state index contributed by atoms with van der Waals surface area (Å²) in [5.41, 5.74) is -0.329. The van der Waals surface area contributed by atoms with Gasteiger partial charge in [0.15, 0.2) is 17.3 Å². The van der Waals surface area contributed by atoms with Crippen molar-refractivity contribution in [2.45, 2.75) is 76.1 Å². The van der Waals surface area contributed by atoms with Gasteiger partial charge in [0, 0.05) is 19.5 Å². The Labute approximate surface area is 246 Å². The van der Waals surface area contributed by atoms with E-state index >= 15 is 0 Å². The van der Waals surface area contributed by atoms with Crippen LogP contribution in [0.3, 0.4) is 0 Å². The van der Waals surface area contributed by atoms with E-state index in [0.29, 0.717) is 50.8 Å². The Balaban J connectivity index is 1.46. The lowest BCUT2D eigenvalue weighted by Crippen LogP contribution is -2.57. The van der Waals surface area contributed by atoms with Crippen molar-refractivity contribution in [1.29, 1.82) is 0 Å². The molecule has 0 spiro atoms. The molecule has 1 aromatic carbocycles. The van der Waals surface area contributed by atoms with Crippen LogP contribution in [0.25, 0.3) is 0 Å². The first-order valence-electron chi connectivity index (χ1n) is 14.8. The van der Waals surface area contributed by atoms with Crippen LogP contribution in [-0.4, -0.2) is 104 Å². The molecule has 1 aromatic rings. The molecule has 4 unspecified atom stereocenters. The molecule has 4 N–H and O–H groups in total. The average Bonchev–Trinajstić information content (AvgIpc) is 3.50. The number of Topliss-reactive ketones (excluding diaryl/α,β-unsaturated/α-hetero) is 1. The quantitative estimate of drug-likeness (QED) is 0.229. The maximum Gasteiger partial charge on any atom is 0.243 e. The maximum absolute atomic E-state index is 13.7. The van der Waals surface area contributed by atoms with Gasteiger partial charge in [0.2, 0.25) is 17.7 Å². The molecular formula is C30H44N4O8. The SMILES string of the molecule is COc1ccc(CC(NC(=O)C(C)NC(=O)CN2CCOCC2)C(=O)NC(CC2CCCC2)C(=O)C2(C)CO2)cc1O. The topological polar surface area (TPSA) is 159 Å². The lowest BCUT2D eigenvalue weighted by Gasteiger charge is -2.27. The van der Waals surface area contributed by atoms with Gasteiger partial charge in [-0.1, -0.05) is 31.7 Å². The lowest BCUT2D eigenvalue weighted by molar-refractivity contribution is -0.134. The number of nitrogens with one attached hydrogen (secondary N) is 3. The first-order valence-corrected chi connectivity index (χ1v) is 14.8. The number of amides is 3. The summed E-state index contributed by atoms with van der Waals surface area (Å²) in [5.74, 6) is -1.03. The molecule has 1 saturated carbocycles. The van der Waals surface area contributed by atoms with Crippen LogP contribution in [0.4, 0.5) is 0 Å². The van der Waals surface area contributed by atoms with Crippen molar-refractivity contribution in [2.24, 2.45) is 5.92 Å². The van der Waals surface area contributed by atoms with E-state index in [4.69, 9.17) is 14.2 Å². The normalized spacial score (nSPS) is 22.9. The molecule has 2 heterocycles. The van der Waals surface area contributed by atoms with Crippen LogP contribution in [0.15, 0.2) is 18.2 Å². The van der Waals surface area contributed by atoms with Crippen LogP contribution in [0.2, 0.25) is 0 Å². The van der Waals surface area contributed by atoms with E-state index in [1.165, 1.54) is 13.2 Å². The van der Waals surface area contributed by atoms with E-state index in [1.807, 2.05) is 4.90 Å². The zero-order chi connectivity index (χ0) is 30.3. The molecule has 4 rings (SSSR count). The van der Waals surface area contributed by atoms with Gasteiger partial charge in [-0.2, -0.15) is 0 Å². The van der Waals surface area contributed by atoms with Gasteiger partial charge in [0.1, 0.15) is 17.7 Å². The van der Waals surface area contributed by atoms with Gasteiger partial charge in [-0.05, 0) is 43.9 Å². The first-order chi connectivity index (χ1) is 20.1. The Kier molecular flexibility index (Phi) is 10.8. The molecular weight excluding hydrogens is 544 g/mol. The van der Waals surface area contributed by atoms with Gasteiger partial charge in [-0.25, -0.2) is 0 Å². The predicted octanol–water partition coefficient (Wildman–Crippen LogP) is 0.688. The minimum Gasteiger partial charge on any atom is -0.504 e. The summed E-state index contributed by atoms with van der Waals surface area (Å²) in [7, 11) is 1.44. The van der Waals surface area contributed by atoms with Crippen molar-refractivity contribution in [3.8, 4) is 11.5 Å². The summed E-state index contributed by atoms with van der Waals surface area (Å²) >= 11 is 0. The molecule has 42 heavy (non-hydrogen) atoms. The number of phenols is 1. The highest BCUT2D eigenvalue weighted by Gasteiger charge is 2.50. The van der Waals surface area contributed by atoms with E-state index in [-0.39, 0.29) is 36.2 Å². The number of aromatic hydroxyl groups is 1. The van der Waals surface area contributed by atoms with E-state index < -0.39 is 35.5 Å². The van der Waals surface area contributed by atoms with Crippen LogP contribution < -0.4 is 20.7 Å². The van der Waals surface area contributed by atoms with Crippen molar-refractivity contribution < 1.29 is 38.5 Å². The summed E-state index contributed by atoms with van der Waals surface area (Å²) < 4.78 is 15.8. The van der Waals surface area contributed by atoms with E-state index in [2.05, 4.69) is 16.0 Å². The highest BCUT2D eigenvalue weighted by molar-refractivity contribution is 5.98. The largest absolute Gasteiger partial charge is 0.504 e. The fourth-order valence-electron chi connectivity index (χ4n) is 5.62. The third-order valence-corrected chi connectivity index (χ3v) is 8.33. The van der Waals surface area contributed by atoms with Crippen molar-refractivity contribution in [2.75, 3.05) is 46.6 Å². The number of morpholine rings is 1. The molecule has 3 amide bonds. The summed E-state index contributed by atoms with van der Waals surface area (Å²) in [6, 6.07) is 2.01. The number of nitrogens with zero attached hydrogens (tertiary/aromatic N) is 1. The van der Waals surface area contributed by atoms with Crippen LogP contribution >= 0.6 is 0 Å².